The summed E-state index contributed by atoms with van der Waals surface area (Å²) in [6, 6.07) is 18.0. The molecule has 0 spiro atoms. The molecule has 0 aromatic heterocycles. The van der Waals surface area contributed by atoms with Crippen molar-refractivity contribution in [2.24, 2.45) is 0 Å². The summed E-state index contributed by atoms with van der Waals surface area (Å²) >= 11 is 0. The highest BCUT2D eigenvalue weighted by atomic mass is 19.1. The van der Waals surface area contributed by atoms with Gasteiger partial charge in [-0.15, -0.1) is 0 Å². The molecule has 0 radical (unpaired) electrons. The number of rotatable bonds is 9. The maximum atomic E-state index is 14.2. The Bertz CT molecular complexity index is 1250. The molecule has 0 saturated carbocycles. The third kappa shape index (κ3) is 7.36. The van der Waals surface area contributed by atoms with Crippen molar-refractivity contribution in [3.8, 4) is 0 Å². The third-order valence-electron chi connectivity index (χ3n) is 6.45. The lowest BCUT2D eigenvalue weighted by Gasteiger charge is -2.26. The van der Waals surface area contributed by atoms with Crippen LogP contribution in [0.2, 0.25) is 0 Å². The predicted octanol–water partition coefficient (Wildman–Crippen LogP) is 4.19. The van der Waals surface area contributed by atoms with Crippen molar-refractivity contribution in [1.82, 2.24) is 10.2 Å². The molecule has 2 amide bonds. The van der Waals surface area contributed by atoms with Crippen LogP contribution < -0.4 is 15.5 Å². The van der Waals surface area contributed by atoms with Gasteiger partial charge >= 0.3 is 0 Å². The summed E-state index contributed by atoms with van der Waals surface area (Å²) in [5.74, 6) is -1.18. The Hall–Kier alpha value is -3.82. The van der Waals surface area contributed by atoms with E-state index in [1.165, 1.54) is 25.3 Å². The van der Waals surface area contributed by atoms with E-state index in [-0.39, 0.29) is 36.6 Å². The average Bonchev–Trinajstić information content (AvgIpc) is 3.15. The second kappa shape index (κ2) is 13.1. The molecule has 9 heteroatoms. The first-order valence-electron chi connectivity index (χ1n) is 12.6. The van der Waals surface area contributed by atoms with Gasteiger partial charge in [-0.3, -0.25) is 14.5 Å². The lowest BCUT2D eigenvalue weighted by atomic mass is 10.1. The zero-order chi connectivity index (χ0) is 26.9. The minimum Gasteiger partial charge on any atom is -0.375 e. The summed E-state index contributed by atoms with van der Waals surface area (Å²) in [5, 5.41) is 5.66. The summed E-state index contributed by atoms with van der Waals surface area (Å²) in [4.78, 5) is 29.8. The lowest BCUT2D eigenvalue weighted by molar-refractivity contribution is -0.119. The Labute approximate surface area is 221 Å². The van der Waals surface area contributed by atoms with Crippen LogP contribution in [-0.4, -0.2) is 56.6 Å². The van der Waals surface area contributed by atoms with E-state index in [2.05, 4.69) is 20.4 Å². The normalized spacial score (nSPS) is 14.1. The van der Waals surface area contributed by atoms with E-state index in [0.717, 1.165) is 30.8 Å². The Morgan fingerprint density at radius 3 is 2.50 bits per heavy atom. The third-order valence-corrected chi connectivity index (χ3v) is 6.45. The minimum atomic E-state index is -0.341. The quantitative estimate of drug-likeness (QED) is 0.441. The molecule has 3 aromatic rings. The summed E-state index contributed by atoms with van der Waals surface area (Å²) in [7, 11) is 1.44. The molecule has 1 saturated heterocycles. The SMILES string of the molecule is COCC(=O)Nc1ccc(N2CCCN(Cc3ccccc3F)CC2)c(C(=O)NCc2ccc(F)cc2)c1. The average molecular weight is 523 g/mol. The first-order valence-corrected chi connectivity index (χ1v) is 12.6. The minimum absolute atomic E-state index is 0.0994. The maximum absolute atomic E-state index is 14.2. The van der Waals surface area contributed by atoms with Crippen LogP contribution in [0.15, 0.2) is 66.7 Å². The number of nitrogens with zero attached hydrogens (tertiary/aromatic N) is 2. The Morgan fingerprint density at radius 1 is 0.947 bits per heavy atom. The monoisotopic (exact) mass is 522 g/mol. The van der Waals surface area contributed by atoms with E-state index in [9.17, 15) is 18.4 Å². The van der Waals surface area contributed by atoms with E-state index in [1.54, 1.807) is 36.4 Å². The number of benzene rings is 3. The number of ether oxygens (including phenoxy) is 1. The van der Waals surface area contributed by atoms with Crippen molar-refractivity contribution in [3.05, 3.63) is 95.1 Å². The van der Waals surface area contributed by atoms with E-state index >= 15 is 0 Å². The standard InChI is InChI=1S/C29H32F2N4O3/c1-38-20-28(36)33-24-11-12-27(25(17-24)29(37)32-18-21-7-9-23(30)10-8-21)35-14-4-13-34(15-16-35)19-22-5-2-3-6-26(22)31/h2-3,5-12,17H,4,13-16,18-20H2,1H3,(H,32,37)(H,33,36). The molecular weight excluding hydrogens is 490 g/mol. The van der Waals surface area contributed by atoms with Crippen LogP contribution in [0.4, 0.5) is 20.2 Å². The molecule has 3 aromatic carbocycles. The molecule has 7 nitrogen and oxygen atoms in total. The van der Waals surface area contributed by atoms with Crippen LogP contribution in [-0.2, 0) is 22.6 Å². The first kappa shape index (κ1) is 27.2. The van der Waals surface area contributed by atoms with Crippen LogP contribution in [0.5, 0.6) is 0 Å². The van der Waals surface area contributed by atoms with Gasteiger partial charge in [0.25, 0.3) is 5.91 Å². The Balaban J connectivity index is 1.51. The van der Waals surface area contributed by atoms with Gasteiger partial charge < -0.3 is 20.3 Å². The van der Waals surface area contributed by atoms with Crippen molar-refractivity contribution >= 4 is 23.2 Å². The number of carbonyl (C=O) groups excluding carboxylic acids is 2. The second-order valence-corrected chi connectivity index (χ2v) is 9.23. The molecule has 0 bridgehead atoms. The van der Waals surface area contributed by atoms with E-state index < -0.39 is 0 Å². The lowest BCUT2D eigenvalue weighted by Crippen LogP contribution is -2.33. The largest absolute Gasteiger partial charge is 0.375 e. The zero-order valence-corrected chi connectivity index (χ0v) is 21.4. The molecule has 200 valence electrons. The highest BCUT2D eigenvalue weighted by Crippen LogP contribution is 2.26. The van der Waals surface area contributed by atoms with Crippen LogP contribution in [0.25, 0.3) is 0 Å². The molecule has 2 N–H and O–H groups in total. The number of amides is 2. The number of carbonyl (C=O) groups is 2. The number of hydrogen-bond donors (Lipinski definition) is 2. The number of anilines is 2. The van der Waals surface area contributed by atoms with Gasteiger partial charge in [0, 0.05) is 63.3 Å². The molecule has 1 heterocycles. The summed E-state index contributed by atoms with van der Waals surface area (Å²) in [6.07, 6.45) is 0.845. The Morgan fingerprint density at radius 2 is 1.74 bits per heavy atom. The molecule has 38 heavy (non-hydrogen) atoms. The van der Waals surface area contributed by atoms with Crippen molar-refractivity contribution in [3.63, 3.8) is 0 Å². The van der Waals surface area contributed by atoms with Crippen molar-refractivity contribution in [1.29, 1.82) is 0 Å². The topological polar surface area (TPSA) is 73.9 Å². The number of methoxy groups -OCH3 is 1. The van der Waals surface area contributed by atoms with Crippen molar-refractivity contribution in [2.45, 2.75) is 19.5 Å². The van der Waals surface area contributed by atoms with Gasteiger partial charge in [0.05, 0.1) is 5.56 Å². The molecule has 1 aliphatic rings. The van der Waals surface area contributed by atoms with Gasteiger partial charge in [-0.2, -0.15) is 0 Å². The zero-order valence-electron chi connectivity index (χ0n) is 21.4. The van der Waals surface area contributed by atoms with E-state index in [0.29, 0.717) is 36.4 Å². The smallest absolute Gasteiger partial charge is 0.253 e. The molecule has 0 unspecified atom stereocenters. The maximum Gasteiger partial charge on any atom is 0.253 e. The highest BCUT2D eigenvalue weighted by Gasteiger charge is 2.22. The fraction of sp³-hybridized carbons (Fsp3) is 0.310. The Kier molecular flexibility index (Phi) is 9.40. The van der Waals surface area contributed by atoms with Gasteiger partial charge in [0.2, 0.25) is 5.91 Å². The predicted molar refractivity (Wildman–Crippen MR) is 143 cm³/mol. The highest BCUT2D eigenvalue weighted by molar-refractivity contribution is 6.02. The van der Waals surface area contributed by atoms with Crippen LogP contribution in [0.3, 0.4) is 0 Å². The number of halogens is 2. The summed E-state index contributed by atoms with van der Waals surface area (Å²) in [5.41, 5.74) is 3.09. The molecule has 0 aliphatic carbocycles. The van der Waals surface area contributed by atoms with Gasteiger partial charge in [-0.25, -0.2) is 8.78 Å². The van der Waals surface area contributed by atoms with Gasteiger partial charge in [-0.1, -0.05) is 30.3 Å². The van der Waals surface area contributed by atoms with E-state index in [1.807, 2.05) is 12.1 Å². The van der Waals surface area contributed by atoms with E-state index in [4.69, 9.17) is 4.74 Å². The van der Waals surface area contributed by atoms with Crippen molar-refractivity contribution < 1.29 is 23.1 Å². The second-order valence-electron chi connectivity index (χ2n) is 9.23. The van der Waals surface area contributed by atoms with Gasteiger partial charge in [0.1, 0.15) is 18.2 Å². The molecular formula is C29H32F2N4O3. The molecule has 0 atom stereocenters. The molecule has 1 fully saturated rings. The van der Waals surface area contributed by atoms with Crippen LogP contribution >= 0.6 is 0 Å². The first-order chi connectivity index (χ1) is 18.4. The van der Waals surface area contributed by atoms with Crippen molar-refractivity contribution in [2.75, 3.05) is 50.1 Å². The molecule has 1 aliphatic heterocycles. The fourth-order valence-electron chi connectivity index (χ4n) is 4.52. The molecule has 4 rings (SSSR count). The summed E-state index contributed by atoms with van der Waals surface area (Å²) in [6.45, 7) is 3.55. The van der Waals surface area contributed by atoms with Crippen LogP contribution in [0, 0.1) is 11.6 Å². The van der Waals surface area contributed by atoms with Crippen LogP contribution in [0.1, 0.15) is 27.9 Å². The number of nitrogens with one attached hydrogen (secondary N) is 2. The summed E-state index contributed by atoms with van der Waals surface area (Å²) < 4.78 is 32.3. The fourth-order valence-corrected chi connectivity index (χ4v) is 4.52. The van der Waals surface area contributed by atoms with Gasteiger partial charge in [-0.05, 0) is 48.4 Å². The van der Waals surface area contributed by atoms with Gasteiger partial charge in [0.15, 0.2) is 0 Å². The number of hydrogen-bond acceptors (Lipinski definition) is 5.